The van der Waals surface area contributed by atoms with E-state index >= 15 is 0 Å². The van der Waals surface area contributed by atoms with E-state index in [0.717, 1.165) is 0 Å². The number of methoxy groups -OCH3 is 1. The number of ether oxygens (including phenoxy) is 2. The predicted octanol–water partition coefficient (Wildman–Crippen LogP) is 1.19. The number of nitrogens with one attached hydrogen (secondary N) is 2. The molecule has 24 heavy (non-hydrogen) atoms. The molecular formula is C15H23N3O5S. The van der Waals surface area contributed by atoms with Gasteiger partial charge in [0.2, 0.25) is 5.88 Å². The Labute approximate surface area is 141 Å². The van der Waals surface area contributed by atoms with E-state index in [1.807, 2.05) is 0 Å². The van der Waals surface area contributed by atoms with Crippen molar-refractivity contribution in [2.24, 2.45) is 0 Å². The molecule has 1 fully saturated rings. The molecule has 0 radical (unpaired) electrons. The second-order valence-electron chi connectivity index (χ2n) is 5.71. The molecule has 0 aromatic carbocycles. The number of urea groups is 1. The van der Waals surface area contributed by atoms with Gasteiger partial charge in [0.25, 0.3) is 0 Å². The molecule has 2 amide bonds. The van der Waals surface area contributed by atoms with Gasteiger partial charge in [-0.1, -0.05) is 0 Å². The topological polar surface area (TPSA) is 107 Å². The number of pyridine rings is 1. The standard InChI is InChI=1S/C15H23N3O5S/c1-11-5-6-12(10-24(11,20)21)17-15(19)18-13-4-3-7-16-14(13)23-9-8-22-2/h3-4,7,11-12H,5-6,8-10H2,1-2H3,(H2,17,18,19). The zero-order valence-electron chi connectivity index (χ0n) is 13.8. The van der Waals surface area contributed by atoms with E-state index in [-0.39, 0.29) is 22.9 Å². The van der Waals surface area contributed by atoms with Crippen molar-refractivity contribution >= 4 is 21.6 Å². The Morgan fingerprint density at radius 2 is 2.17 bits per heavy atom. The largest absolute Gasteiger partial charge is 0.474 e. The van der Waals surface area contributed by atoms with Crippen LogP contribution in [0.25, 0.3) is 0 Å². The zero-order chi connectivity index (χ0) is 17.6. The van der Waals surface area contributed by atoms with Crippen molar-refractivity contribution in [3.63, 3.8) is 0 Å². The maximum absolute atomic E-state index is 12.1. The Morgan fingerprint density at radius 3 is 2.88 bits per heavy atom. The van der Waals surface area contributed by atoms with Crippen LogP contribution in [0.4, 0.5) is 10.5 Å². The summed E-state index contributed by atoms with van der Waals surface area (Å²) in [7, 11) is -1.58. The first kappa shape index (κ1) is 18.5. The molecule has 1 aromatic heterocycles. The summed E-state index contributed by atoms with van der Waals surface area (Å²) in [4.78, 5) is 16.2. The van der Waals surface area contributed by atoms with Gasteiger partial charge in [-0.2, -0.15) is 0 Å². The number of hydrogen-bond donors (Lipinski definition) is 2. The number of carbonyl (C=O) groups excluding carboxylic acids is 1. The van der Waals surface area contributed by atoms with Gasteiger partial charge in [0.1, 0.15) is 12.3 Å². The second-order valence-corrected chi connectivity index (χ2v) is 8.17. The van der Waals surface area contributed by atoms with Crippen molar-refractivity contribution in [2.75, 3.05) is 31.4 Å². The highest BCUT2D eigenvalue weighted by atomic mass is 32.2. The molecule has 2 rings (SSSR count). The molecule has 2 heterocycles. The lowest BCUT2D eigenvalue weighted by Gasteiger charge is -2.27. The Morgan fingerprint density at radius 1 is 1.38 bits per heavy atom. The highest BCUT2D eigenvalue weighted by molar-refractivity contribution is 7.92. The predicted molar refractivity (Wildman–Crippen MR) is 90.0 cm³/mol. The number of anilines is 1. The molecule has 1 aromatic rings. The highest BCUT2D eigenvalue weighted by Gasteiger charge is 2.31. The van der Waals surface area contributed by atoms with Crippen molar-refractivity contribution in [3.8, 4) is 5.88 Å². The maximum atomic E-state index is 12.1. The van der Waals surface area contributed by atoms with Crippen LogP contribution in [0, 0.1) is 0 Å². The molecule has 134 valence electrons. The molecule has 2 N–H and O–H groups in total. The van der Waals surface area contributed by atoms with E-state index in [9.17, 15) is 13.2 Å². The molecule has 0 aliphatic carbocycles. The Balaban J connectivity index is 1.93. The lowest BCUT2D eigenvalue weighted by molar-refractivity contribution is 0.144. The number of hydrogen-bond acceptors (Lipinski definition) is 6. The summed E-state index contributed by atoms with van der Waals surface area (Å²) in [5, 5.41) is 5.00. The fourth-order valence-electron chi connectivity index (χ4n) is 2.42. The number of rotatable bonds is 6. The van der Waals surface area contributed by atoms with Crippen LogP contribution in [0.3, 0.4) is 0 Å². The van der Waals surface area contributed by atoms with Crippen molar-refractivity contribution in [1.82, 2.24) is 10.3 Å². The molecule has 8 nitrogen and oxygen atoms in total. The van der Waals surface area contributed by atoms with E-state index in [4.69, 9.17) is 9.47 Å². The van der Waals surface area contributed by atoms with Gasteiger partial charge >= 0.3 is 6.03 Å². The third kappa shape index (κ3) is 5.07. The van der Waals surface area contributed by atoms with Crippen LogP contribution in [0.2, 0.25) is 0 Å². The molecule has 0 spiro atoms. The van der Waals surface area contributed by atoms with Crippen LogP contribution in [0.5, 0.6) is 5.88 Å². The van der Waals surface area contributed by atoms with Crippen LogP contribution in [-0.4, -0.2) is 56.8 Å². The first-order valence-corrected chi connectivity index (χ1v) is 9.49. The summed E-state index contributed by atoms with van der Waals surface area (Å²) in [6.45, 7) is 2.41. The lowest BCUT2D eigenvalue weighted by atomic mass is 10.1. The van der Waals surface area contributed by atoms with Gasteiger partial charge < -0.3 is 20.1 Å². The van der Waals surface area contributed by atoms with Crippen molar-refractivity contribution in [3.05, 3.63) is 18.3 Å². The van der Waals surface area contributed by atoms with Crippen molar-refractivity contribution in [2.45, 2.75) is 31.1 Å². The van der Waals surface area contributed by atoms with Crippen LogP contribution in [0.1, 0.15) is 19.8 Å². The zero-order valence-corrected chi connectivity index (χ0v) is 14.6. The monoisotopic (exact) mass is 357 g/mol. The van der Waals surface area contributed by atoms with Gasteiger partial charge in [-0.25, -0.2) is 18.2 Å². The fraction of sp³-hybridized carbons (Fsp3) is 0.600. The van der Waals surface area contributed by atoms with E-state index < -0.39 is 15.9 Å². The third-order valence-corrected chi connectivity index (χ3v) is 6.18. The van der Waals surface area contributed by atoms with Crippen LogP contribution < -0.4 is 15.4 Å². The highest BCUT2D eigenvalue weighted by Crippen LogP contribution is 2.22. The van der Waals surface area contributed by atoms with Crippen LogP contribution in [0.15, 0.2) is 18.3 Å². The molecule has 0 saturated carbocycles. The number of sulfone groups is 1. The summed E-state index contributed by atoms with van der Waals surface area (Å²) < 4.78 is 34.2. The van der Waals surface area contributed by atoms with E-state index in [1.54, 1.807) is 32.4 Å². The van der Waals surface area contributed by atoms with Crippen LogP contribution >= 0.6 is 0 Å². The van der Waals surface area contributed by atoms with Gasteiger partial charge in [0, 0.05) is 19.3 Å². The molecule has 2 unspecified atom stereocenters. The van der Waals surface area contributed by atoms with E-state index in [1.165, 1.54) is 0 Å². The second kappa shape index (κ2) is 8.29. The lowest BCUT2D eigenvalue weighted by Crippen LogP contribution is -2.47. The van der Waals surface area contributed by atoms with Gasteiger partial charge in [0.15, 0.2) is 9.84 Å². The third-order valence-electron chi connectivity index (χ3n) is 3.85. The number of aromatic nitrogens is 1. The number of carbonyl (C=O) groups is 1. The maximum Gasteiger partial charge on any atom is 0.319 e. The summed E-state index contributed by atoms with van der Waals surface area (Å²) in [5.74, 6) is 0.251. The van der Waals surface area contributed by atoms with Crippen molar-refractivity contribution < 1.29 is 22.7 Å². The van der Waals surface area contributed by atoms with Gasteiger partial charge in [0.05, 0.1) is 17.6 Å². The summed E-state index contributed by atoms with van der Waals surface area (Å²) in [6, 6.07) is 2.47. The number of nitrogens with zero attached hydrogens (tertiary/aromatic N) is 1. The van der Waals surface area contributed by atoms with Gasteiger partial charge in [-0.3, -0.25) is 0 Å². The van der Waals surface area contributed by atoms with Gasteiger partial charge in [-0.15, -0.1) is 0 Å². The Bertz CT molecular complexity index is 665. The minimum Gasteiger partial charge on any atom is -0.474 e. The Kier molecular flexibility index (Phi) is 6.38. The molecule has 1 aliphatic heterocycles. The smallest absolute Gasteiger partial charge is 0.319 e. The SMILES string of the molecule is COCCOc1ncccc1NC(=O)NC1CCC(C)S(=O)(=O)C1. The molecule has 9 heteroatoms. The molecule has 1 aliphatic rings. The quantitative estimate of drug-likeness (QED) is 0.741. The minimum absolute atomic E-state index is 0.0359. The molecule has 2 atom stereocenters. The fourth-order valence-corrected chi connectivity index (χ4v) is 4.06. The minimum atomic E-state index is -3.15. The van der Waals surface area contributed by atoms with Gasteiger partial charge in [-0.05, 0) is 31.9 Å². The summed E-state index contributed by atoms with van der Waals surface area (Å²) >= 11 is 0. The first-order valence-electron chi connectivity index (χ1n) is 7.78. The Hall–Kier alpha value is -1.87. The summed E-state index contributed by atoms with van der Waals surface area (Å²) in [5.41, 5.74) is 0.415. The molecular weight excluding hydrogens is 334 g/mol. The summed E-state index contributed by atoms with van der Waals surface area (Å²) in [6.07, 6.45) is 2.74. The number of amides is 2. The van der Waals surface area contributed by atoms with E-state index in [0.29, 0.717) is 31.7 Å². The normalized spacial score (nSPS) is 22.6. The first-order chi connectivity index (χ1) is 11.4. The molecule has 1 saturated heterocycles. The average Bonchev–Trinajstić information content (AvgIpc) is 2.52. The van der Waals surface area contributed by atoms with E-state index in [2.05, 4.69) is 15.6 Å². The van der Waals surface area contributed by atoms with Crippen molar-refractivity contribution in [1.29, 1.82) is 0 Å². The van der Waals surface area contributed by atoms with Crippen LogP contribution in [-0.2, 0) is 14.6 Å². The average molecular weight is 357 g/mol. The molecule has 0 bridgehead atoms.